The highest BCUT2D eigenvalue weighted by Gasteiger charge is 2.38. The molecule has 0 spiro atoms. The van der Waals surface area contributed by atoms with Crippen LogP contribution in [0.4, 0.5) is 10.1 Å². The first-order chi connectivity index (χ1) is 9.88. The van der Waals surface area contributed by atoms with Gasteiger partial charge >= 0.3 is 0 Å². The molecule has 3 rings (SSSR count). The van der Waals surface area contributed by atoms with E-state index in [9.17, 15) is 14.0 Å². The maximum absolute atomic E-state index is 12.9. The van der Waals surface area contributed by atoms with Crippen LogP contribution in [0.2, 0.25) is 0 Å². The van der Waals surface area contributed by atoms with Crippen molar-refractivity contribution in [1.82, 2.24) is 4.57 Å². The Morgan fingerprint density at radius 3 is 2.52 bits per heavy atom. The zero-order valence-corrected chi connectivity index (χ0v) is 11.8. The van der Waals surface area contributed by atoms with Crippen molar-refractivity contribution in [2.24, 2.45) is 0 Å². The molecule has 1 aliphatic heterocycles. The predicted octanol–water partition coefficient (Wildman–Crippen LogP) is 2.27. The predicted molar refractivity (Wildman–Crippen MR) is 77.9 cm³/mol. The first-order valence-electron chi connectivity index (χ1n) is 6.69. The highest BCUT2D eigenvalue weighted by atomic mass is 19.1. The number of amides is 1. The maximum Gasteiger partial charge on any atom is 0.251 e. The molecule has 21 heavy (non-hydrogen) atoms. The summed E-state index contributed by atoms with van der Waals surface area (Å²) in [5.41, 5.74) is 1.33. The Bertz CT molecular complexity index is 776. The summed E-state index contributed by atoms with van der Waals surface area (Å²) in [7, 11) is 0. The van der Waals surface area contributed by atoms with Gasteiger partial charge in [0.2, 0.25) is 5.91 Å². The molecular formula is C16H15FN2O2. The molecule has 1 aromatic heterocycles. The number of carbonyl (C=O) groups excluding carboxylic acids is 1. The zero-order chi connectivity index (χ0) is 15.2. The summed E-state index contributed by atoms with van der Waals surface area (Å²) >= 11 is 0. The molecule has 0 bridgehead atoms. The number of anilines is 1. The summed E-state index contributed by atoms with van der Waals surface area (Å²) in [6.45, 7) is 3.92. The summed E-state index contributed by atoms with van der Waals surface area (Å²) in [6, 6.07) is 7.49. The number of rotatable bonds is 2. The Balaban J connectivity index is 1.99. The van der Waals surface area contributed by atoms with E-state index in [2.05, 4.69) is 5.32 Å². The molecular weight excluding hydrogens is 271 g/mol. The Morgan fingerprint density at radius 2 is 1.86 bits per heavy atom. The van der Waals surface area contributed by atoms with Crippen molar-refractivity contribution in [1.29, 1.82) is 0 Å². The van der Waals surface area contributed by atoms with Crippen LogP contribution in [0.1, 0.15) is 25.0 Å². The number of aromatic nitrogens is 1. The molecule has 0 atom stereocenters. The molecule has 1 N–H and O–H groups in total. The van der Waals surface area contributed by atoms with Gasteiger partial charge < -0.3 is 9.88 Å². The summed E-state index contributed by atoms with van der Waals surface area (Å²) in [6.07, 6.45) is 1.65. The van der Waals surface area contributed by atoms with E-state index in [1.165, 1.54) is 22.8 Å². The maximum atomic E-state index is 12.9. The van der Waals surface area contributed by atoms with Crippen LogP contribution in [0.5, 0.6) is 0 Å². The molecule has 0 aliphatic carbocycles. The third-order valence-electron chi connectivity index (χ3n) is 3.88. The Morgan fingerprint density at radius 1 is 1.19 bits per heavy atom. The summed E-state index contributed by atoms with van der Waals surface area (Å²) in [5, 5.41) is 2.79. The number of nitrogens with zero attached hydrogens (tertiary/aromatic N) is 1. The van der Waals surface area contributed by atoms with Gasteiger partial charge in [0.25, 0.3) is 5.56 Å². The van der Waals surface area contributed by atoms with Crippen molar-refractivity contribution < 1.29 is 9.18 Å². The van der Waals surface area contributed by atoms with Crippen LogP contribution in [-0.2, 0) is 16.8 Å². The van der Waals surface area contributed by atoms with Gasteiger partial charge in [-0.1, -0.05) is 12.1 Å². The molecule has 0 fully saturated rings. The summed E-state index contributed by atoms with van der Waals surface area (Å²) in [5.74, 6) is -0.425. The van der Waals surface area contributed by atoms with Gasteiger partial charge in [-0.25, -0.2) is 4.39 Å². The van der Waals surface area contributed by atoms with Crippen molar-refractivity contribution in [3.63, 3.8) is 0 Å². The van der Waals surface area contributed by atoms with Crippen LogP contribution >= 0.6 is 0 Å². The van der Waals surface area contributed by atoms with Gasteiger partial charge in [0.05, 0.1) is 17.6 Å². The van der Waals surface area contributed by atoms with Gasteiger partial charge in [0.1, 0.15) is 5.82 Å². The van der Waals surface area contributed by atoms with E-state index < -0.39 is 5.41 Å². The number of halogens is 1. The number of pyridine rings is 1. The van der Waals surface area contributed by atoms with Gasteiger partial charge in [-0.15, -0.1) is 0 Å². The number of benzene rings is 1. The van der Waals surface area contributed by atoms with Crippen molar-refractivity contribution in [2.75, 3.05) is 5.32 Å². The van der Waals surface area contributed by atoms with E-state index in [4.69, 9.17) is 0 Å². The Labute approximate surface area is 121 Å². The van der Waals surface area contributed by atoms with Crippen LogP contribution in [0.3, 0.4) is 0 Å². The van der Waals surface area contributed by atoms with Crippen LogP contribution in [0.15, 0.2) is 41.3 Å². The van der Waals surface area contributed by atoms with Crippen molar-refractivity contribution >= 4 is 11.6 Å². The summed E-state index contributed by atoms with van der Waals surface area (Å²) < 4.78 is 14.4. The molecule has 5 heteroatoms. The average molecular weight is 286 g/mol. The highest BCUT2D eigenvalue weighted by Crippen LogP contribution is 2.35. The van der Waals surface area contributed by atoms with E-state index >= 15 is 0 Å². The lowest BCUT2D eigenvalue weighted by Gasteiger charge is -2.15. The number of nitrogens with one attached hydrogen (secondary N) is 1. The van der Waals surface area contributed by atoms with Gasteiger partial charge in [-0.3, -0.25) is 9.59 Å². The molecule has 0 saturated carbocycles. The van der Waals surface area contributed by atoms with Gasteiger partial charge in [0, 0.05) is 12.3 Å². The van der Waals surface area contributed by atoms with Crippen LogP contribution < -0.4 is 10.9 Å². The van der Waals surface area contributed by atoms with Crippen LogP contribution in [0, 0.1) is 5.82 Å². The van der Waals surface area contributed by atoms with Crippen LogP contribution in [0.25, 0.3) is 0 Å². The first-order valence-corrected chi connectivity index (χ1v) is 6.69. The third-order valence-corrected chi connectivity index (χ3v) is 3.88. The highest BCUT2D eigenvalue weighted by molar-refractivity contribution is 6.05. The number of carbonyl (C=O) groups is 1. The van der Waals surface area contributed by atoms with Crippen LogP contribution in [-0.4, -0.2) is 10.5 Å². The molecule has 0 radical (unpaired) electrons. The fourth-order valence-corrected chi connectivity index (χ4v) is 2.50. The minimum atomic E-state index is -0.691. The lowest BCUT2D eigenvalue weighted by molar-refractivity contribution is -0.119. The Kier molecular flexibility index (Phi) is 2.93. The SMILES string of the molecule is CC1(C)C(=O)Nc2cn(Cc3ccc(F)cc3)c(=O)cc21. The van der Waals surface area contributed by atoms with E-state index in [0.717, 1.165) is 5.56 Å². The summed E-state index contributed by atoms with van der Waals surface area (Å²) in [4.78, 5) is 24.1. The molecule has 0 saturated heterocycles. The molecule has 108 valence electrons. The molecule has 1 amide bonds. The first kappa shape index (κ1) is 13.5. The monoisotopic (exact) mass is 286 g/mol. The second-order valence-corrected chi connectivity index (χ2v) is 5.77. The van der Waals surface area contributed by atoms with Crippen molar-refractivity contribution in [3.8, 4) is 0 Å². The Hall–Kier alpha value is -2.43. The lowest BCUT2D eigenvalue weighted by atomic mass is 9.87. The molecule has 4 nitrogen and oxygen atoms in total. The quantitative estimate of drug-likeness (QED) is 0.920. The second-order valence-electron chi connectivity index (χ2n) is 5.77. The van der Waals surface area contributed by atoms with Gasteiger partial charge in [0.15, 0.2) is 0 Å². The fraction of sp³-hybridized carbons (Fsp3) is 0.250. The van der Waals surface area contributed by atoms with Crippen molar-refractivity contribution in [3.05, 3.63) is 63.8 Å². The number of hydrogen-bond acceptors (Lipinski definition) is 2. The molecule has 1 aromatic carbocycles. The molecule has 1 aliphatic rings. The van der Waals surface area contributed by atoms with E-state index in [0.29, 0.717) is 17.8 Å². The third kappa shape index (κ3) is 2.24. The molecule has 2 heterocycles. The zero-order valence-electron chi connectivity index (χ0n) is 11.8. The minimum absolute atomic E-state index is 0.114. The number of hydrogen-bond donors (Lipinski definition) is 1. The van der Waals surface area contributed by atoms with E-state index in [-0.39, 0.29) is 17.3 Å². The van der Waals surface area contributed by atoms with E-state index in [1.807, 2.05) is 0 Å². The smallest absolute Gasteiger partial charge is 0.251 e. The van der Waals surface area contributed by atoms with Gasteiger partial charge in [-0.2, -0.15) is 0 Å². The van der Waals surface area contributed by atoms with E-state index in [1.54, 1.807) is 32.2 Å². The minimum Gasteiger partial charge on any atom is -0.324 e. The standard InChI is InChI=1S/C16H15FN2O2/c1-16(2)12-7-14(20)19(9-13(12)18-15(16)21)8-10-3-5-11(17)6-4-10/h3-7,9H,8H2,1-2H3,(H,18,21). The van der Waals surface area contributed by atoms with Gasteiger partial charge in [-0.05, 0) is 37.1 Å². The molecule has 0 unspecified atom stereocenters. The average Bonchev–Trinajstić information content (AvgIpc) is 2.64. The number of fused-ring (bicyclic) bond motifs is 1. The fourth-order valence-electron chi connectivity index (χ4n) is 2.50. The normalized spacial score (nSPS) is 15.7. The lowest BCUT2D eigenvalue weighted by Crippen LogP contribution is -2.28. The second kappa shape index (κ2) is 4.55. The topological polar surface area (TPSA) is 51.1 Å². The largest absolute Gasteiger partial charge is 0.324 e. The molecule has 2 aromatic rings. The van der Waals surface area contributed by atoms with Crippen molar-refractivity contribution in [2.45, 2.75) is 25.8 Å².